The molecule has 0 saturated carbocycles. The van der Waals surface area contributed by atoms with Crippen LogP contribution in [0.4, 0.5) is 11.5 Å². The Balaban J connectivity index is 2.09. The predicted molar refractivity (Wildman–Crippen MR) is 77.8 cm³/mol. The highest BCUT2D eigenvalue weighted by molar-refractivity contribution is 6.30. The Morgan fingerprint density at radius 2 is 2.10 bits per heavy atom. The molecular weight excluding hydrogens is 280 g/mol. The molecule has 0 aliphatic carbocycles. The summed E-state index contributed by atoms with van der Waals surface area (Å²) in [6, 6.07) is 10.4. The minimum absolute atomic E-state index is 0.158. The maximum absolute atomic E-state index is 10.9. The molecule has 0 fully saturated rings. The van der Waals surface area contributed by atoms with Crippen LogP contribution in [0.1, 0.15) is 11.6 Å². The monoisotopic (exact) mass is 292 g/mol. The van der Waals surface area contributed by atoms with Gasteiger partial charge in [0, 0.05) is 24.8 Å². The number of nitrogens with one attached hydrogen (secondary N) is 1. The Kier molecular flexibility index (Phi) is 4.49. The molecule has 2 rings (SSSR count). The molecule has 0 radical (unpaired) electrons. The van der Waals surface area contributed by atoms with E-state index in [0.29, 0.717) is 6.54 Å². The maximum atomic E-state index is 10.9. The Labute approximate surface area is 120 Å². The molecule has 1 atom stereocenters. The molecule has 7 heteroatoms. The smallest absolute Gasteiger partial charge is 0.312 e. The van der Waals surface area contributed by atoms with Gasteiger partial charge >= 0.3 is 5.69 Å². The highest BCUT2D eigenvalue weighted by Crippen LogP contribution is 2.25. The molecule has 20 heavy (non-hydrogen) atoms. The lowest BCUT2D eigenvalue weighted by molar-refractivity contribution is -0.384. The molecule has 0 aliphatic heterocycles. The number of hydrogen-bond donors (Lipinski definition) is 2. The summed E-state index contributed by atoms with van der Waals surface area (Å²) >= 11 is 5.70. The number of rotatable bonds is 5. The van der Waals surface area contributed by atoms with E-state index in [1.54, 1.807) is 0 Å². The van der Waals surface area contributed by atoms with Gasteiger partial charge in [0.15, 0.2) is 0 Å². The second kappa shape index (κ2) is 6.31. The molecule has 1 aromatic heterocycles. The van der Waals surface area contributed by atoms with Gasteiger partial charge in [-0.25, -0.2) is 4.98 Å². The second-order valence-corrected chi connectivity index (χ2v) is 4.61. The van der Waals surface area contributed by atoms with E-state index < -0.39 is 4.92 Å². The van der Waals surface area contributed by atoms with Crippen LogP contribution in [-0.4, -0.2) is 16.5 Å². The lowest BCUT2D eigenvalue weighted by Crippen LogP contribution is -2.21. The van der Waals surface area contributed by atoms with E-state index >= 15 is 0 Å². The van der Waals surface area contributed by atoms with Crippen molar-refractivity contribution in [1.29, 1.82) is 0 Å². The van der Waals surface area contributed by atoms with Crippen LogP contribution in [-0.2, 0) is 0 Å². The van der Waals surface area contributed by atoms with Crippen molar-refractivity contribution < 1.29 is 4.92 Å². The molecule has 0 amide bonds. The largest absolute Gasteiger partial charge is 0.362 e. The van der Waals surface area contributed by atoms with E-state index in [1.807, 2.05) is 30.3 Å². The minimum atomic E-state index is -0.532. The van der Waals surface area contributed by atoms with Crippen molar-refractivity contribution in [1.82, 2.24) is 4.98 Å². The third-order valence-corrected chi connectivity index (χ3v) is 2.95. The van der Waals surface area contributed by atoms with E-state index in [2.05, 4.69) is 10.3 Å². The summed E-state index contributed by atoms with van der Waals surface area (Å²) in [6.45, 7) is 0.333. The van der Waals surface area contributed by atoms with Crippen LogP contribution in [0.15, 0.2) is 42.6 Å². The molecule has 0 bridgehead atoms. The summed E-state index contributed by atoms with van der Waals surface area (Å²) in [5.74, 6) is 0.158. The number of aromatic nitrogens is 1. The van der Waals surface area contributed by atoms with Crippen molar-refractivity contribution >= 4 is 23.1 Å². The number of hydrogen-bond acceptors (Lipinski definition) is 5. The van der Waals surface area contributed by atoms with E-state index in [0.717, 1.165) is 5.56 Å². The summed E-state index contributed by atoms with van der Waals surface area (Å²) in [5.41, 5.74) is 6.79. The van der Waals surface area contributed by atoms with Crippen molar-refractivity contribution in [3.8, 4) is 0 Å². The van der Waals surface area contributed by atoms with Crippen LogP contribution in [0.5, 0.6) is 0 Å². The van der Waals surface area contributed by atoms with Gasteiger partial charge in [0.2, 0.25) is 5.82 Å². The molecule has 0 saturated heterocycles. The van der Waals surface area contributed by atoms with Gasteiger partial charge in [-0.2, -0.15) is 0 Å². The summed E-state index contributed by atoms with van der Waals surface area (Å²) in [4.78, 5) is 14.3. The molecule has 3 N–H and O–H groups in total. The zero-order chi connectivity index (χ0) is 14.5. The molecular formula is C13H13ClN4O2. The van der Waals surface area contributed by atoms with Crippen LogP contribution in [0.25, 0.3) is 0 Å². The summed E-state index contributed by atoms with van der Waals surface area (Å²) < 4.78 is 0. The Morgan fingerprint density at radius 1 is 1.40 bits per heavy atom. The van der Waals surface area contributed by atoms with Crippen molar-refractivity contribution in [3.05, 3.63) is 63.3 Å². The number of halogens is 1. The molecule has 6 nitrogen and oxygen atoms in total. The van der Waals surface area contributed by atoms with Gasteiger partial charge in [0.1, 0.15) is 0 Å². The SMILES string of the molecule is NC(CNc1ncc(Cl)cc1[N+](=O)[O-])c1ccccc1. The summed E-state index contributed by atoms with van der Waals surface area (Å²) in [6.07, 6.45) is 1.35. The minimum Gasteiger partial charge on any atom is -0.362 e. The number of anilines is 1. The molecule has 1 unspecified atom stereocenters. The van der Waals surface area contributed by atoms with Crippen LogP contribution < -0.4 is 11.1 Å². The fourth-order valence-electron chi connectivity index (χ4n) is 1.73. The average Bonchev–Trinajstić information content (AvgIpc) is 2.46. The second-order valence-electron chi connectivity index (χ2n) is 4.18. The lowest BCUT2D eigenvalue weighted by Gasteiger charge is -2.13. The van der Waals surface area contributed by atoms with E-state index in [4.69, 9.17) is 17.3 Å². The summed E-state index contributed by atoms with van der Waals surface area (Å²) in [7, 11) is 0. The predicted octanol–water partition coefficient (Wildman–Crippen LogP) is 2.76. The molecule has 1 heterocycles. The van der Waals surface area contributed by atoms with Gasteiger partial charge in [-0.3, -0.25) is 10.1 Å². The van der Waals surface area contributed by atoms with Gasteiger partial charge in [0.25, 0.3) is 0 Å². The number of nitro groups is 1. The topological polar surface area (TPSA) is 94.1 Å². The molecule has 1 aromatic carbocycles. The van der Waals surface area contributed by atoms with Gasteiger partial charge in [-0.05, 0) is 5.56 Å². The van der Waals surface area contributed by atoms with Gasteiger partial charge < -0.3 is 11.1 Å². The number of pyridine rings is 1. The Hall–Kier alpha value is -2.18. The van der Waals surface area contributed by atoms with E-state index in [1.165, 1.54) is 12.3 Å². The van der Waals surface area contributed by atoms with Gasteiger partial charge in [-0.15, -0.1) is 0 Å². The first kappa shape index (κ1) is 14.2. The summed E-state index contributed by atoms with van der Waals surface area (Å²) in [5, 5.41) is 14.0. The lowest BCUT2D eigenvalue weighted by atomic mass is 10.1. The van der Waals surface area contributed by atoms with Crippen molar-refractivity contribution in [2.75, 3.05) is 11.9 Å². The number of benzene rings is 1. The van der Waals surface area contributed by atoms with Crippen LogP contribution in [0.3, 0.4) is 0 Å². The maximum Gasteiger partial charge on any atom is 0.312 e. The highest BCUT2D eigenvalue weighted by Gasteiger charge is 2.16. The normalized spacial score (nSPS) is 11.9. The first-order chi connectivity index (χ1) is 9.58. The molecule has 0 spiro atoms. The Bertz CT molecular complexity index is 607. The third-order valence-electron chi connectivity index (χ3n) is 2.75. The fraction of sp³-hybridized carbons (Fsp3) is 0.154. The van der Waals surface area contributed by atoms with Crippen LogP contribution in [0.2, 0.25) is 5.02 Å². The Morgan fingerprint density at radius 3 is 2.75 bits per heavy atom. The van der Waals surface area contributed by atoms with E-state index in [-0.39, 0.29) is 22.6 Å². The zero-order valence-electron chi connectivity index (χ0n) is 10.5. The molecule has 2 aromatic rings. The van der Waals surface area contributed by atoms with Crippen molar-refractivity contribution in [2.45, 2.75) is 6.04 Å². The van der Waals surface area contributed by atoms with Crippen molar-refractivity contribution in [3.63, 3.8) is 0 Å². The third kappa shape index (κ3) is 3.43. The van der Waals surface area contributed by atoms with Crippen molar-refractivity contribution in [2.24, 2.45) is 5.73 Å². The zero-order valence-corrected chi connectivity index (χ0v) is 11.2. The first-order valence-electron chi connectivity index (χ1n) is 5.92. The number of nitrogens with two attached hydrogens (primary N) is 1. The fourth-order valence-corrected chi connectivity index (χ4v) is 1.88. The average molecular weight is 293 g/mol. The van der Waals surface area contributed by atoms with E-state index in [9.17, 15) is 10.1 Å². The van der Waals surface area contributed by atoms with Gasteiger partial charge in [0.05, 0.1) is 9.95 Å². The standard InChI is InChI=1S/C13H13ClN4O2/c14-10-6-12(18(19)20)13(16-7-10)17-8-11(15)9-4-2-1-3-5-9/h1-7,11H,8,15H2,(H,16,17). The molecule has 104 valence electrons. The van der Waals surface area contributed by atoms with Crippen LogP contribution >= 0.6 is 11.6 Å². The highest BCUT2D eigenvalue weighted by atomic mass is 35.5. The molecule has 0 aliphatic rings. The van der Waals surface area contributed by atoms with Gasteiger partial charge in [-0.1, -0.05) is 41.9 Å². The quantitative estimate of drug-likeness (QED) is 0.653. The van der Waals surface area contributed by atoms with Crippen LogP contribution in [0, 0.1) is 10.1 Å². The first-order valence-corrected chi connectivity index (χ1v) is 6.30. The number of nitrogens with zero attached hydrogens (tertiary/aromatic N) is 2.